The van der Waals surface area contributed by atoms with Crippen molar-refractivity contribution in [2.24, 2.45) is 5.73 Å². The molecule has 2 saturated heterocycles. The first kappa shape index (κ1) is 7.49. The zero-order valence-electron chi connectivity index (χ0n) is 6.51. The summed E-state index contributed by atoms with van der Waals surface area (Å²) >= 11 is 0. The lowest BCUT2D eigenvalue weighted by atomic mass is 10.0. The van der Waals surface area contributed by atoms with E-state index in [-0.39, 0.29) is 11.8 Å². The summed E-state index contributed by atoms with van der Waals surface area (Å²) in [5.41, 5.74) is 5.50. The Morgan fingerprint density at radius 3 is 3.09 bits per heavy atom. The molecule has 0 bridgehead atoms. The number of nitrogens with one attached hydrogen (secondary N) is 1. The van der Waals surface area contributed by atoms with Crippen LogP contribution >= 0.6 is 0 Å². The number of ether oxygens (including phenoxy) is 2. The van der Waals surface area contributed by atoms with E-state index >= 15 is 0 Å². The number of hydrogen-bond acceptors (Lipinski definition) is 4. The van der Waals surface area contributed by atoms with Crippen LogP contribution in [0.25, 0.3) is 0 Å². The van der Waals surface area contributed by atoms with E-state index in [4.69, 9.17) is 15.2 Å². The van der Waals surface area contributed by atoms with Crippen molar-refractivity contribution in [1.82, 2.24) is 5.32 Å². The van der Waals surface area contributed by atoms with Gasteiger partial charge in [-0.25, -0.2) is 0 Å². The highest BCUT2D eigenvalue weighted by atomic mass is 16.6. The molecular formula is C7H14N2O2. The van der Waals surface area contributed by atoms with Crippen molar-refractivity contribution in [3.63, 3.8) is 0 Å². The van der Waals surface area contributed by atoms with Crippen LogP contribution in [0.2, 0.25) is 0 Å². The molecule has 2 aliphatic rings. The second-order valence-electron chi connectivity index (χ2n) is 3.28. The fourth-order valence-electron chi connectivity index (χ4n) is 1.69. The molecule has 0 radical (unpaired) electrons. The first-order chi connectivity index (χ1) is 5.31. The summed E-state index contributed by atoms with van der Waals surface area (Å²) in [4.78, 5) is 0. The van der Waals surface area contributed by atoms with Crippen LogP contribution in [0.4, 0.5) is 0 Å². The maximum Gasteiger partial charge on any atom is 0.130 e. The lowest BCUT2D eigenvalue weighted by Crippen LogP contribution is -2.51. The Bertz CT molecular complexity index is 145. The second kappa shape index (κ2) is 2.71. The van der Waals surface area contributed by atoms with Crippen LogP contribution in [-0.4, -0.2) is 38.1 Å². The minimum atomic E-state index is -0.233. The Hall–Kier alpha value is -0.160. The van der Waals surface area contributed by atoms with E-state index in [1.165, 1.54) is 0 Å². The third-order valence-electron chi connectivity index (χ3n) is 2.25. The highest BCUT2D eigenvalue weighted by Crippen LogP contribution is 2.24. The van der Waals surface area contributed by atoms with Gasteiger partial charge in [0.25, 0.3) is 0 Å². The molecule has 11 heavy (non-hydrogen) atoms. The highest BCUT2D eigenvalue weighted by Gasteiger charge is 2.39. The molecule has 4 heteroatoms. The monoisotopic (exact) mass is 158 g/mol. The third-order valence-corrected chi connectivity index (χ3v) is 2.25. The average Bonchev–Trinajstić information content (AvgIpc) is 2.37. The highest BCUT2D eigenvalue weighted by molar-refractivity contribution is 4.92. The van der Waals surface area contributed by atoms with Gasteiger partial charge in [-0.1, -0.05) is 0 Å². The van der Waals surface area contributed by atoms with Crippen molar-refractivity contribution in [1.29, 1.82) is 0 Å². The van der Waals surface area contributed by atoms with Crippen LogP contribution in [0.5, 0.6) is 0 Å². The van der Waals surface area contributed by atoms with Gasteiger partial charge in [0.2, 0.25) is 0 Å². The standard InChI is InChI=1S/C7H14N2O2/c8-6-3-10-5-7(11-6)1-2-9-4-7/h6,9H,1-5,8H2. The van der Waals surface area contributed by atoms with E-state index in [0.29, 0.717) is 13.2 Å². The zero-order valence-corrected chi connectivity index (χ0v) is 6.51. The van der Waals surface area contributed by atoms with Crippen molar-refractivity contribution in [2.45, 2.75) is 18.2 Å². The molecule has 0 aliphatic carbocycles. The summed E-state index contributed by atoms with van der Waals surface area (Å²) in [6.07, 6.45) is 0.782. The molecule has 0 amide bonds. The molecule has 2 unspecified atom stereocenters. The Labute approximate surface area is 66.0 Å². The molecule has 0 saturated carbocycles. The zero-order chi connectivity index (χ0) is 7.73. The first-order valence-electron chi connectivity index (χ1n) is 4.03. The predicted octanol–water partition coefficient (Wildman–Crippen LogP) is -0.950. The van der Waals surface area contributed by atoms with Gasteiger partial charge in [0.1, 0.15) is 11.8 Å². The van der Waals surface area contributed by atoms with Gasteiger partial charge >= 0.3 is 0 Å². The quantitative estimate of drug-likeness (QED) is 0.477. The normalized spacial score (nSPS) is 45.0. The van der Waals surface area contributed by atoms with Crippen LogP contribution in [0, 0.1) is 0 Å². The van der Waals surface area contributed by atoms with Gasteiger partial charge in [0.15, 0.2) is 0 Å². The molecule has 2 atom stereocenters. The van der Waals surface area contributed by atoms with Crippen molar-refractivity contribution in [2.75, 3.05) is 26.3 Å². The van der Waals surface area contributed by atoms with Crippen molar-refractivity contribution < 1.29 is 9.47 Å². The molecule has 0 aromatic carbocycles. The van der Waals surface area contributed by atoms with Gasteiger partial charge in [0, 0.05) is 6.54 Å². The van der Waals surface area contributed by atoms with Crippen LogP contribution < -0.4 is 11.1 Å². The van der Waals surface area contributed by atoms with Crippen LogP contribution in [0.15, 0.2) is 0 Å². The maximum atomic E-state index is 5.62. The summed E-state index contributed by atoms with van der Waals surface area (Å²) in [6, 6.07) is 0. The smallest absolute Gasteiger partial charge is 0.130 e. The molecule has 0 aromatic heterocycles. The van der Waals surface area contributed by atoms with Crippen LogP contribution in [0.1, 0.15) is 6.42 Å². The van der Waals surface area contributed by atoms with E-state index in [1.807, 2.05) is 0 Å². The maximum absolute atomic E-state index is 5.62. The van der Waals surface area contributed by atoms with Crippen molar-refractivity contribution >= 4 is 0 Å². The molecule has 0 aromatic rings. The van der Waals surface area contributed by atoms with Crippen molar-refractivity contribution in [3.05, 3.63) is 0 Å². The lowest BCUT2D eigenvalue weighted by molar-refractivity contribution is -0.187. The van der Waals surface area contributed by atoms with E-state index in [1.54, 1.807) is 0 Å². The van der Waals surface area contributed by atoms with E-state index in [9.17, 15) is 0 Å². The molecule has 1 spiro atoms. The number of nitrogens with two attached hydrogens (primary N) is 1. The SMILES string of the molecule is NC1COCC2(CCNC2)O1. The summed E-state index contributed by atoms with van der Waals surface area (Å²) in [7, 11) is 0. The van der Waals surface area contributed by atoms with E-state index in [0.717, 1.165) is 19.5 Å². The van der Waals surface area contributed by atoms with Gasteiger partial charge in [-0.3, -0.25) is 0 Å². The molecule has 2 fully saturated rings. The number of rotatable bonds is 0. The Morgan fingerprint density at radius 1 is 1.55 bits per heavy atom. The van der Waals surface area contributed by atoms with Crippen LogP contribution in [0.3, 0.4) is 0 Å². The molecule has 4 nitrogen and oxygen atoms in total. The summed E-state index contributed by atoms with van der Waals surface area (Å²) in [5.74, 6) is 0. The first-order valence-corrected chi connectivity index (χ1v) is 4.03. The second-order valence-corrected chi connectivity index (χ2v) is 3.28. The number of hydrogen-bond donors (Lipinski definition) is 2. The third kappa shape index (κ3) is 1.39. The minimum absolute atomic E-state index is 0.113. The largest absolute Gasteiger partial charge is 0.374 e. The Morgan fingerprint density at radius 2 is 2.45 bits per heavy atom. The average molecular weight is 158 g/mol. The molecule has 2 aliphatic heterocycles. The fourth-order valence-corrected chi connectivity index (χ4v) is 1.69. The van der Waals surface area contributed by atoms with Crippen LogP contribution in [-0.2, 0) is 9.47 Å². The molecule has 64 valence electrons. The molecule has 2 rings (SSSR count). The van der Waals surface area contributed by atoms with Gasteiger partial charge in [-0.15, -0.1) is 0 Å². The van der Waals surface area contributed by atoms with Crippen molar-refractivity contribution in [3.8, 4) is 0 Å². The minimum Gasteiger partial charge on any atom is -0.374 e. The summed E-state index contributed by atoms with van der Waals surface area (Å²) < 4.78 is 11.0. The van der Waals surface area contributed by atoms with Gasteiger partial charge in [0.05, 0.1) is 13.2 Å². The van der Waals surface area contributed by atoms with Gasteiger partial charge < -0.3 is 20.5 Å². The lowest BCUT2D eigenvalue weighted by Gasteiger charge is -2.36. The molecule has 3 N–H and O–H groups in total. The topological polar surface area (TPSA) is 56.5 Å². The molecular weight excluding hydrogens is 144 g/mol. The molecule has 2 heterocycles. The Kier molecular flexibility index (Phi) is 1.85. The summed E-state index contributed by atoms with van der Waals surface area (Å²) in [5, 5.41) is 3.24. The van der Waals surface area contributed by atoms with Gasteiger partial charge in [-0.2, -0.15) is 0 Å². The Balaban J connectivity index is 2.00. The fraction of sp³-hybridized carbons (Fsp3) is 1.00. The van der Waals surface area contributed by atoms with Gasteiger partial charge in [-0.05, 0) is 13.0 Å². The van der Waals surface area contributed by atoms with E-state index in [2.05, 4.69) is 5.32 Å². The van der Waals surface area contributed by atoms with E-state index < -0.39 is 0 Å². The summed E-state index contributed by atoms with van der Waals surface area (Å²) in [6.45, 7) is 3.10. The predicted molar refractivity (Wildman–Crippen MR) is 40.1 cm³/mol.